The number of hydrogen-bond donors (Lipinski definition) is 1. The third-order valence-electron chi connectivity index (χ3n) is 5.66. The van der Waals surface area contributed by atoms with Crippen molar-refractivity contribution >= 4 is 0 Å². The fraction of sp³-hybridized carbons (Fsp3) is 0.833. The average Bonchev–Trinajstić information content (AvgIpc) is 3.09. The summed E-state index contributed by atoms with van der Waals surface area (Å²) in [5, 5.41) is 8.47. The van der Waals surface area contributed by atoms with Crippen LogP contribution in [-0.4, -0.2) is 15.8 Å². The lowest BCUT2D eigenvalue weighted by Gasteiger charge is -2.29. The average molecular weight is 289 g/mol. The molecule has 2 aliphatic rings. The Morgan fingerprint density at radius 1 is 1.33 bits per heavy atom. The SMILES string of the molecule is CC(NCc1cn(C)nc1C(C)(C)C)C1CC2CCC1C2. The van der Waals surface area contributed by atoms with Crippen LogP contribution < -0.4 is 5.32 Å². The Kier molecular flexibility index (Phi) is 3.89. The predicted molar refractivity (Wildman–Crippen MR) is 87.1 cm³/mol. The van der Waals surface area contributed by atoms with E-state index in [-0.39, 0.29) is 5.41 Å². The van der Waals surface area contributed by atoms with Crippen molar-refractivity contribution in [3.63, 3.8) is 0 Å². The summed E-state index contributed by atoms with van der Waals surface area (Å²) in [6.07, 6.45) is 8.10. The maximum atomic E-state index is 4.67. The summed E-state index contributed by atoms with van der Waals surface area (Å²) < 4.78 is 1.96. The van der Waals surface area contributed by atoms with Crippen LogP contribution in [0.25, 0.3) is 0 Å². The van der Waals surface area contributed by atoms with E-state index in [9.17, 15) is 0 Å². The summed E-state index contributed by atoms with van der Waals surface area (Å²) in [7, 11) is 2.03. The Balaban J connectivity index is 1.63. The molecule has 0 radical (unpaired) electrons. The Bertz CT molecular complexity index is 497. The van der Waals surface area contributed by atoms with Gasteiger partial charge in [0.2, 0.25) is 0 Å². The van der Waals surface area contributed by atoms with E-state index in [1.807, 2.05) is 11.7 Å². The molecule has 0 aliphatic heterocycles. The number of fused-ring (bicyclic) bond motifs is 2. The monoisotopic (exact) mass is 289 g/mol. The van der Waals surface area contributed by atoms with Gasteiger partial charge in [0.05, 0.1) is 5.69 Å². The van der Waals surface area contributed by atoms with E-state index >= 15 is 0 Å². The Morgan fingerprint density at radius 2 is 2.10 bits per heavy atom. The van der Waals surface area contributed by atoms with Crippen LogP contribution >= 0.6 is 0 Å². The molecule has 3 heteroatoms. The molecule has 3 nitrogen and oxygen atoms in total. The smallest absolute Gasteiger partial charge is 0.0722 e. The lowest BCUT2D eigenvalue weighted by atomic mass is 9.84. The lowest BCUT2D eigenvalue weighted by Crippen LogP contribution is -2.36. The molecular weight excluding hydrogens is 258 g/mol. The molecule has 3 rings (SSSR count). The van der Waals surface area contributed by atoms with Crippen LogP contribution in [0.15, 0.2) is 6.20 Å². The van der Waals surface area contributed by atoms with Gasteiger partial charge >= 0.3 is 0 Å². The van der Waals surface area contributed by atoms with Crippen LogP contribution in [0.1, 0.15) is 64.6 Å². The van der Waals surface area contributed by atoms with Crippen LogP contribution in [0.2, 0.25) is 0 Å². The molecule has 2 fully saturated rings. The van der Waals surface area contributed by atoms with Crippen molar-refractivity contribution in [1.29, 1.82) is 0 Å². The van der Waals surface area contributed by atoms with Gasteiger partial charge in [-0.25, -0.2) is 0 Å². The minimum absolute atomic E-state index is 0.119. The van der Waals surface area contributed by atoms with E-state index < -0.39 is 0 Å². The van der Waals surface area contributed by atoms with Crippen molar-refractivity contribution in [2.24, 2.45) is 24.8 Å². The molecule has 1 aromatic rings. The highest BCUT2D eigenvalue weighted by Crippen LogP contribution is 2.49. The van der Waals surface area contributed by atoms with Gasteiger partial charge in [-0.05, 0) is 43.9 Å². The number of nitrogens with one attached hydrogen (secondary N) is 1. The molecule has 21 heavy (non-hydrogen) atoms. The molecule has 0 spiro atoms. The number of hydrogen-bond acceptors (Lipinski definition) is 2. The molecule has 2 bridgehead atoms. The molecular formula is C18H31N3. The maximum absolute atomic E-state index is 4.67. The van der Waals surface area contributed by atoms with Crippen LogP contribution in [0.3, 0.4) is 0 Å². The standard InChI is InChI=1S/C18H31N3/c1-12(16-9-13-6-7-14(16)8-13)19-10-15-11-21(5)20-17(15)18(2,3)4/h11-14,16,19H,6-10H2,1-5H3. The summed E-state index contributed by atoms with van der Waals surface area (Å²) in [5.74, 6) is 2.93. The molecule has 4 atom stereocenters. The van der Waals surface area contributed by atoms with Crippen LogP contribution in [-0.2, 0) is 19.0 Å². The summed E-state index contributed by atoms with van der Waals surface area (Å²) in [5.41, 5.74) is 2.71. The second kappa shape index (κ2) is 5.42. The van der Waals surface area contributed by atoms with E-state index in [1.165, 1.54) is 36.9 Å². The van der Waals surface area contributed by atoms with Crippen LogP contribution in [0.4, 0.5) is 0 Å². The first-order chi connectivity index (χ1) is 9.84. The van der Waals surface area contributed by atoms with E-state index in [0.29, 0.717) is 6.04 Å². The number of aromatic nitrogens is 2. The highest BCUT2D eigenvalue weighted by atomic mass is 15.3. The summed E-state index contributed by atoms with van der Waals surface area (Å²) in [6.45, 7) is 10.1. The van der Waals surface area contributed by atoms with Crippen LogP contribution in [0, 0.1) is 17.8 Å². The topological polar surface area (TPSA) is 29.9 Å². The minimum Gasteiger partial charge on any atom is -0.310 e. The normalized spacial score (nSPS) is 30.0. The lowest BCUT2D eigenvalue weighted by molar-refractivity contribution is 0.259. The molecule has 0 amide bonds. The summed E-state index contributed by atoms with van der Waals surface area (Å²) in [4.78, 5) is 0. The fourth-order valence-electron chi connectivity index (χ4n) is 4.63. The van der Waals surface area contributed by atoms with Crippen molar-refractivity contribution < 1.29 is 0 Å². The minimum atomic E-state index is 0.119. The Morgan fingerprint density at radius 3 is 2.67 bits per heavy atom. The van der Waals surface area contributed by atoms with Crippen molar-refractivity contribution in [1.82, 2.24) is 15.1 Å². The summed E-state index contributed by atoms with van der Waals surface area (Å²) in [6, 6.07) is 0.633. The molecule has 1 heterocycles. The van der Waals surface area contributed by atoms with Gasteiger partial charge in [-0.3, -0.25) is 4.68 Å². The molecule has 0 aromatic carbocycles. The third-order valence-corrected chi connectivity index (χ3v) is 5.66. The van der Waals surface area contributed by atoms with Gasteiger partial charge in [0.25, 0.3) is 0 Å². The number of aryl methyl sites for hydroxylation is 1. The number of nitrogens with zero attached hydrogens (tertiary/aromatic N) is 2. The molecule has 2 saturated carbocycles. The second-order valence-corrected chi connectivity index (χ2v) is 8.43. The Labute approximate surface area is 129 Å². The van der Waals surface area contributed by atoms with Gasteiger partial charge in [-0.15, -0.1) is 0 Å². The van der Waals surface area contributed by atoms with Gasteiger partial charge in [-0.1, -0.05) is 27.2 Å². The fourth-order valence-corrected chi connectivity index (χ4v) is 4.63. The molecule has 2 aliphatic carbocycles. The van der Waals surface area contributed by atoms with Crippen molar-refractivity contribution in [3.8, 4) is 0 Å². The highest BCUT2D eigenvalue weighted by molar-refractivity contribution is 5.24. The van der Waals surface area contributed by atoms with E-state index in [1.54, 1.807) is 0 Å². The van der Waals surface area contributed by atoms with Gasteiger partial charge in [0.15, 0.2) is 0 Å². The maximum Gasteiger partial charge on any atom is 0.0722 e. The quantitative estimate of drug-likeness (QED) is 0.917. The summed E-state index contributed by atoms with van der Waals surface area (Å²) >= 11 is 0. The van der Waals surface area contributed by atoms with E-state index in [2.05, 4.69) is 44.3 Å². The highest BCUT2D eigenvalue weighted by Gasteiger charge is 2.41. The van der Waals surface area contributed by atoms with Crippen LogP contribution in [0.5, 0.6) is 0 Å². The molecule has 0 saturated heterocycles. The van der Waals surface area contributed by atoms with Gasteiger partial charge in [-0.2, -0.15) is 5.10 Å². The molecule has 4 unspecified atom stereocenters. The zero-order chi connectivity index (χ0) is 15.2. The Hall–Kier alpha value is -0.830. The van der Waals surface area contributed by atoms with Crippen molar-refractivity contribution in [3.05, 3.63) is 17.5 Å². The molecule has 118 valence electrons. The first-order valence-electron chi connectivity index (χ1n) is 8.61. The van der Waals surface area contributed by atoms with Crippen molar-refractivity contribution in [2.45, 2.75) is 71.4 Å². The molecule has 1 N–H and O–H groups in total. The second-order valence-electron chi connectivity index (χ2n) is 8.43. The van der Waals surface area contributed by atoms with Crippen molar-refractivity contribution in [2.75, 3.05) is 0 Å². The van der Waals surface area contributed by atoms with Gasteiger partial charge < -0.3 is 5.32 Å². The predicted octanol–water partition coefficient (Wildman–Crippen LogP) is 3.63. The zero-order valence-electron chi connectivity index (χ0n) is 14.3. The molecule has 1 aromatic heterocycles. The first-order valence-corrected chi connectivity index (χ1v) is 8.61. The first kappa shape index (κ1) is 15.1. The third kappa shape index (κ3) is 3.03. The van der Waals surface area contributed by atoms with E-state index in [0.717, 1.165) is 24.3 Å². The number of rotatable bonds is 4. The van der Waals surface area contributed by atoms with E-state index in [4.69, 9.17) is 0 Å². The largest absolute Gasteiger partial charge is 0.310 e. The van der Waals surface area contributed by atoms with Gasteiger partial charge in [0, 0.05) is 36.8 Å². The zero-order valence-corrected chi connectivity index (χ0v) is 14.3. The van der Waals surface area contributed by atoms with Gasteiger partial charge in [0.1, 0.15) is 0 Å².